The Labute approximate surface area is 100 Å². The number of H-pyrrole nitrogens is 1. The molecule has 0 saturated carbocycles. The number of aromatic amines is 1. The van der Waals surface area contributed by atoms with Gasteiger partial charge >= 0.3 is 0 Å². The van der Waals surface area contributed by atoms with Crippen LogP contribution >= 0.6 is 0 Å². The lowest BCUT2D eigenvalue weighted by atomic mass is 9.98. The van der Waals surface area contributed by atoms with Crippen LogP contribution in [0.15, 0.2) is 48.8 Å². The molecule has 0 aliphatic heterocycles. The Balaban J connectivity index is 2.09. The van der Waals surface area contributed by atoms with Gasteiger partial charge in [0.2, 0.25) is 0 Å². The molecule has 3 rings (SSSR count). The molecule has 1 heterocycles. The molecule has 2 heteroatoms. The van der Waals surface area contributed by atoms with Crippen LogP contribution in [0.3, 0.4) is 0 Å². The summed E-state index contributed by atoms with van der Waals surface area (Å²) in [5.74, 6) is 1.02. The molecular weight excluding hydrogens is 208 g/mol. The zero-order valence-corrected chi connectivity index (χ0v) is 9.77. The standard InChI is InChI=1S/C15H14N2/c1-11-13(10-15-16-8-9-17-15)7-6-12-4-2-3-5-14(11)12/h2-9H,10H2,1H3,(H,16,17). The number of fused-ring (bicyclic) bond motifs is 1. The van der Waals surface area contributed by atoms with Gasteiger partial charge in [0.05, 0.1) is 0 Å². The van der Waals surface area contributed by atoms with Gasteiger partial charge in [0.1, 0.15) is 5.82 Å². The minimum atomic E-state index is 0.865. The maximum atomic E-state index is 4.28. The Morgan fingerprint density at radius 3 is 2.82 bits per heavy atom. The van der Waals surface area contributed by atoms with Crippen LogP contribution in [-0.4, -0.2) is 9.97 Å². The van der Waals surface area contributed by atoms with E-state index in [1.807, 2.05) is 6.20 Å². The van der Waals surface area contributed by atoms with Crippen molar-refractivity contribution in [3.8, 4) is 0 Å². The first-order valence-corrected chi connectivity index (χ1v) is 5.80. The summed E-state index contributed by atoms with van der Waals surface area (Å²) in [6.07, 6.45) is 4.53. The molecule has 17 heavy (non-hydrogen) atoms. The summed E-state index contributed by atoms with van der Waals surface area (Å²) < 4.78 is 0. The molecule has 0 aliphatic rings. The summed E-state index contributed by atoms with van der Waals surface area (Å²) in [7, 11) is 0. The van der Waals surface area contributed by atoms with Crippen LogP contribution < -0.4 is 0 Å². The van der Waals surface area contributed by atoms with Crippen molar-refractivity contribution in [3.63, 3.8) is 0 Å². The van der Waals surface area contributed by atoms with Gasteiger partial charge in [-0.15, -0.1) is 0 Å². The lowest BCUT2D eigenvalue weighted by Gasteiger charge is -2.08. The van der Waals surface area contributed by atoms with Crippen LogP contribution in [0.1, 0.15) is 17.0 Å². The number of aryl methyl sites for hydroxylation is 1. The molecule has 1 N–H and O–H groups in total. The van der Waals surface area contributed by atoms with Crippen molar-refractivity contribution >= 4 is 10.8 Å². The highest BCUT2D eigenvalue weighted by Gasteiger charge is 2.05. The van der Waals surface area contributed by atoms with Crippen LogP contribution in [0, 0.1) is 6.92 Å². The molecule has 2 nitrogen and oxygen atoms in total. The molecule has 0 unspecified atom stereocenters. The number of hydrogen-bond acceptors (Lipinski definition) is 1. The molecular formula is C15H14N2. The molecule has 0 saturated heterocycles. The first-order valence-electron chi connectivity index (χ1n) is 5.80. The zero-order valence-electron chi connectivity index (χ0n) is 9.77. The SMILES string of the molecule is Cc1c(Cc2ncc[nH]2)ccc2ccccc12. The number of benzene rings is 2. The van der Waals surface area contributed by atoms with Crippen molar-refractivity contribution in [3.05, 3.63) is 65.7 Å². The third-order valence-electron chi connectivity index (χ3n) is 3.22. The highest BCUT2D eigenvalue weighted by molar-refractivity contribution is 5.86. The van der Waals surface area contributed by atoms with E-state index in [9.17, 15) is 0 Å². The zero-order chi connectivity index (χ0) is 11.7. The average Bonchev–Trinajstić information content (AvgIpc) is 2.86. The summed E-state index contributed by atoms with van der Waals surface area (Å²) in [6.45, 7) is 2.18. The quantitative estimate of drug-likeness (QED) is 0.706. The van der Waals surface area contributed by atoms with Gasteiger partial charge in [0, 0.05) is 18.8 Å². The molecule has 3 aromatic rings. The van der Waals surface area contributed by atoms with Gasteiger partial charge in [-0.2, -0.15) is 0 Å². The van der Waals surface area contributed by atoms with Crippen LogP contribution in [0.4, 0.5) is 0 Å². The number of aromatic nitrogens is 2. The Bertz CT molecular complexity index is 639. The van der Waals surface area contributed by atoms with E-state index in [1.54, 1.807) is 6.20 Å². The smallest absolute Gasteiger partial charge is 0.110 e. The fourth-order valence-corrected chi connectivity index (χ4v) is 2.24. The lowest BCUT2D eigenvalue weighted by molar-refractivity contribution is 1.02. The van der Waals surface area contributed by atoms with Crippen LogP contribution in [-0.2, 0) is 6.42 Å². The highest BCUT2D eigenvalue weighted by Crippen LogP contribution is 2.22. The van der Waals surface area contributed by atoms with Gasteiger partial charge in [-0.05, 0) is 28.8 Å². The number of hydrogen-bond donors (Lipinski definition) is 1. The normalized spacial score (nSPS) is 10.9. The second-order valence-electron chi connectivity index (χ2n) is 4.28. The van der Waals surface area contributed by atoms with Crippen LogP contribution in [0.2, 0.25) is 0 Å². The minimum absolute atomic E-state index is 0.865. The minimum Gasteiger partial charge on any atom is -0.348 e. The largest absolute Gasteiger partial charge is 0.348 e. The van der Waals surface area contributed by atoms with E-state index >= 15 is 0 Å². The van der Waals surface area contributed by atoms with Gasteiger partial charge in [-0.25, -0.2) is 4.98 Å². The Hall–Kier alpha value is -2.09. The van der Waals surface area contributed by atoms with Crippen molar-refractivity contribution < 1.29 is 0 Å². The molecule has 1 aromatic heterocycles. The van der Waals surface area contributed by atoms with E-state index < -0.39 is 0 Å². The van der Waals surface area contributed by atoms with Crippen LogP contribution in [0.5, 0.6) is 0 Å². The number of imidazole rings is 1. The summed E-state index contributed by atoms with van der Waals surface area (Å²) in [5, 5.41) is 2.63. The molecule has 0 fully saturated rings. The number of rotatable bonds is 2. The van der Waals surface area contributed by atoms with E-state index in [4.69, 9.17) is 0 Å². The van der Waals surface area contributed by atoms with E-state index in [-0.39, 0.29) is 0 Å². The summed E-state index contributed by atoms with van der Waals surface area (Å²) >= 11 is 0. The second kappa shape index (κ2) is 4.06. The second-order valence-corrected chi connectivity index (χ2v) is 4.28. The molecule has 0 amide bonds. The van der Waals surface area contributed by atoms with E-state index in [0.717, 1.165) is 12.2 Å². The van der Waals surface area contributed by atoms with Crippen molar-refractivity contribution in [2.45, 2.75) is 13.3 Å². The number of nitrogens with zero attached hydrogens (tertiary/aromatic N) is 1. The summed E-state index contributed by atoms with van der Waals surface area (Å²) in [5.41, 5.74) is 2.68. The molecule has 0 radical (unpaired) electrons. The predicted molar refractivity (Wildman–Crippen MR) is 70.1 cm³/mol. The Morgan fingerprint density at radius 2 is 2.00 bits per heavy atom. The lowest BCUT2D eigenvalue weighted by Crippen LogP contribution is -1.94. The molecule has 0 atom stereocenters. The van der Waals surface area contributed by atoms with Gasteiger partial charge in [-0.1, -0.05) is 36.4 Å². The van der Waals surface area contributed by atoms with Gasteiger partial charge < -0.3 is 4.98 Å². The fraction of sp³-hybridized carbons (Fsp3) is 0.133. The molecule has 0 spiro atoms. The van der Waals surface area contributed by atoms with E-state index in [0.29, 0.717) is 0 Å². The first kappa shape index (κ1) is 10.1. The van der Waals surface area contributed by atoms with Crippen molar-refractivity contribution in [1.29, 1.82) is 0 Å². The summed E-state index contributed by atoms with van der Waals surface area (Å²) in [4.78, 5) is 7.43. The van der Waals surface area contributed by atoms with Gasteiger partial charge in [-0.3, -0.25) is 0 Å². The predicted octanol–water partition coefficient (Wildman–Crippen LogP) is 3.46. The molecule has 0 bridgehead atoms. The van der Waals surface area contributed by atoms with Crippen molar-refractivity contribution in [2.24, 2.45) is 0 Å². The number of nitrogens with one attached hydrogen (secondary N) is 1. The van der Waals surface area contributed by atoms with E-state index in [2.05, 4.69) is 53.3 Å². The van der Waals surface area contributed by atoms with Gasteiger partial charge in [0.15, 0.2) is 0 Å². The maximum absolute atomic E-state index is 4.28. The molecule has 0 aliphatic carbocycles. The Morgan fingerprint density at radius 1 is 1.12 bits per heavy atom. The molecule has 84 valence electrons. The first-order chi connectivity index (χ1) is 8.34. The average molecular weight is 222 g/mol. The fourth-order valence-electron chi connectivity index (χ4n) is 2.24. The Kier molecular flexibility index (Phi) is 2.41. The third kappa shape index (κ3) is 1.82. The van der Waals surface area contributed by atoms with Crippen LogP contribution in [0.25, 0.3) is 10.8 Å². The third-order valence-corrected chi connectivity index (χ3v) is 3.22. The van der Waals surface area contributed by atoms with Crippen molar-refractivity contribution in [1.82, 2.24) is 9.97 Å². The monoisotopic (exact) mass is 222 g/mol. The van der Waals surface area contributed by atoms with E-state index in [1.165, 1.54) is 21.9 Å². The highest BCUT2D eigenvalue weighted by atomic mass is 14.9. The van der Waals surface area contributed by atoms with Gasteiger partial charge in [0.25, 0.3) is 0 Å². The molecule has 2 aromatic carbocycles. The topological polar surface area (TPSA) is 28.7 Å². The summed E-state index contributed by atoms with van der Waals surface area (Å²) in [6, 6.07) is 12.9. The maximum Gasteiger partial charge on any atom is 0.110 e. The van der Waals surface area contributed by atoms with Crippen molar-refractivity contribution in [2.75, 3.05) is 0 Å².